The van der Waals surface area contributed by atoms with E-state index in [9.17, 15) is 34.1 Å². The number of unbranched alkanes of at least 4 members (excludes halogenated alkanes) is 10. The van der Waals surface area contributed by atoms with Gasteiger partial charge in [0.25, 0.3) is 0 Å². The molecule has 12 heteroatoms. The first-order valence-electron chi connectivity index (χ1n) is 23.4. The Labute approximate surface area is 380 Å². The number of phosphoric ester groups is 1. The summed E-state index contributed by atoms with van der Waals surface area (Å²) in [6.07, 6.45) is 58.3. The van der Waals surface area contributed by atoms with E-state index < -0.39 is 57.6 Å². The van der Waals surface area contributed by atoms with Gasteiger partial charge >= 0.3 is 19.8 Å². The second-order valence-corrected chi connectivity index (χ2v) is 16.7. The van der Waals surface area contributed by atoms with Crippen LogP contribution in [0.15, 0.2) is 109 Å². The van der Waals surface area contributed by atoms with Crippen molar-refractivity contribution in [2.45, 2.75) is 174 Å². The fourth-order valence-electron chi connectivity index (χ4n) is 5.69. The predicted octanol–water partition coefficient (Wildman–Crippen LogP) is 12.6. The summed E-state index contributed by atoms with van der Waals surface area (Å²) in [6.45, 7) is 2.38. The number of aliphatic hydroxyl groups is 1. The fourth-order valence-corrected chi connectivity index (χ4v) is 6.46. The van der Waals surface area contributed by atoms with Crippen molar-refractivity contribution in [2.75, 3.05) is 19.8 Å². The van der Waals surface area contributed by atoms with Crippen LogP contribution in [0.25, 0.3) is 0 Å². The average Bonchev–Trinajstić information content (AvgIpc) is 3.26. The van der Waals surface area contributed by atoms with Crippen LogP contribution < -0.4 is 5.32 Å². The maximum absolute atomic E-state index is 12.3. The Hall–Kier alpha value is -3.86. The van der Waals surface area contributed by atoms with Gasteiger partial charge in [-0.25, -0.2) is 9.36 Å². The maximum atomic E-state index is 12.3. The first-order valence-corrected chi connectivity index (χ1v) is 24.9. The molecule has 356 valence electrons. The number of amides is 1. The van der Waals surface area contributed by atoms with E-state index in [1.54, 1.807) is 0 Å². The Kier molecular flexibility index (Phi) is 42.0. The molecule has 0 rings (SSSR count). The first-order chi connectivity index (χ1) is 30.6. The standard InChI is InChI=1S/C51H82NO10P/c1-3-5-7-9-11-13-15-17-19-21-22-23-24-25-26-27-29-31-33-35-37-39-41-43-50(55)60-44-47(53)45-61-63(58,59)62-46-48(51(56)57)52-49(54)42-40-38-36-34-32-30-28-20-18-16-14-12-10-8-6-4-2/h5,7,11,13-14,16-17,19-20,22-23,25-26,28-29,31,35,37,47-48,53H,3-4,6,8-10,12,15,18,21,24,27,30,32-34,36,38-46H2,1-2H3,(H,52,54)(H,56,57)(H,58,59)/b7-5-,13-11-,16-14-,19-17-,23-22-,26-25-,28-20-,31-29-,37-35-. The maximum Gasteiger partial charge on any atom is 0.472 e. The molecule has 0 heterocycles. The molecule has 0 aliphatic carbocycles. The van der Waals surface area contributed by atoms with Crippen LogP contribution in [0, 0.1) is 0 Å². The summed E-state index contributed by atoms with van der Waals surface area (Å²) in [5.74, 6) is -2.47. The molecule has 0 aromatic rings. The largest absolute Gasteiger partial charge is 0.480 e. The van der Waals surface area contributed by atoms with Crippen LogP contribution in [0.3, 0.4) is 0 Å². The van der Waals surface area contributed by atoms with E-state index in [-0.39, 0.29) is 12.8 Å². The lowest BCUT2D eigenvalue weighted by molar-refractivity contribution is -0.147. The van der Waals surface area contributed by atoms with Gasteiger partial charge < -0.3 is 25.2 Å². The lowest BCUT2D eigenvalue weighted by Gasteiger charge is -2.18. The van der Waals surface area contributed by atoms with Crippen molar-refractivity contribution in [1.82, 2.24) is 5.32 Å². The third kappa shape index (κ3) is 44.5. The number of carbonyl (C=O) groups is 3. The van der Waals surface area contributed by atoms with Crippen LogP contribution in [0.1, 0.15) is 162 Å². The van der Waals surface area contributed by atoms with Crippen molar-refractivity contribution >= 4 is 25.7 Å². The topological polar surface area (TPSA) is 169 Å². The minimum absolute atomic E-state index is 0.119. The van der Waals surface area contributed by atoms with Crippen LogP contribution >= 0.6 is 7.82 Å². The normalized spacial score (nSPS) is 14.6. The molecular formula is C51H82NO10P. The Morgan fingerprint density at radius 2 is 0.937 bits per heavy atom. The zero-order valence-corrected chi connectivity index (χ0v) is 39.5. The van der Waals surface area contributed by atoms with Crippen LogP contribution in [0.2, 0.25) is 0 Å². The summed E-state index contributed by atoms with van der Waals surface area (Å²) in [6, 6.07) is -1.57. The van der Waals surface area contributed by atoms with E-state index in [2.05, 4.69) is 116 Å². The Morgan fingerprint density at radius 1 is 0.524 bits per heavy atom. The van der Waals surface area contributed by atoms with Crippen molar-refractivity contribution in [3.05, 3.63) is 109 Å². The highest BCUT2D eigenvalue weighted by atomic mass is 31.2. The summed E-state index contributed by atoms with van der Waals surface area (Å²) in [5.41, 5.74) is 0. The number of aliphatic carboxylic acids is 1. The fraction of sp³-hybridized carbons (Fsp3) is 0.588. The molecule has 0 aromatic heterocycles. The van der Waals surface area contributed by atoms with Gasteiger partial charge in [0.1, 0.15) is 12.7 Å². The summed E-state index contributed by atoms with van der Waals surface area (Å²) >= 11 is 0. The number of nitrogens with one attached hydrogen (secondary N) is 1. The number of rotatable bonds is 42. The Balaban J connectivity index is 4.01. The van der Waals surface area contributed by atoms with Gasteiger partial charge in [0.2, 0.25) is 5.91 Å². The first kappa shape index (κ1) is 59.1. The molecule has 0 spiro atoms. The number of hydrogen-bond donors (Lipinski definition) is 4. The van der Waals surface area contributed by atoms with Crippen LogP contribution in [-0.4, -0.2) is 64.9 Å². The van der Waals surface area contributed by atoms with Gasteiger partial charge in [0, 0.05) is 12.8 Å². The highest BCUT2D eigenvalue weighted by Crippen LogP contribution is 2.43. The van der Waals surface area contributed by atoms with Gasteiger partial charge in [0.05, 0.1) is 13.2 Å². The van der Waals surface area contributed by atoms with Crippen molar-refractivity contribution in [3.8, 4) is 0 Å². The number of carboxylic acid groups (broad SMARTS) is 1. The molecule has 0 saturated heterocycles. The van der Waals surface area contributed by atoms with E-state index in [0.29, 0.717) is 19.3 Å². The average molecular weight is 900 g/mol. The number of carbonyl (C=O) groups excluding carboxylic acids is 2. The lowest BCUT2D eigenvalue weighted by Crippen LogP contribution is -2.43. The molecule has 0 aromatic carbocycles. The Bertz CT molecular complexity index is 1480. The third-order valence-electron chi connectivity index (χ3n) is 9.30. The molecule has 0 saturated carbocycles. The zero-order chi connectivity index (χ0) is 46.3. The van der Waals surface area contributed by atoms with Gasteiger partial charge in [0.15, 0.2) is 6.04 Å². The SMILES string of the molecule is CC/C=C\C/C=C\C/C=C\C/C=C\C/C=C\C/C=C\C/C=C\CCCC(=O)OCC(O)COP(=O)(O)OCC(NC(=O)CCCCCCC/C=C\C/C=C\CCCCCC)C(=O)O. The van der Waals surface area contributed by atoms with Crippen LogP contribution in [0.5, 0.6) is 0 Å². The van der Waals surface area contributed by atoms with E-state index >= 15 is 0 Å². The minimum Gasteiger partial charge on any atom is -0.480 e. The molecule has 3 unspecified atom stereocenters. The highest BCUT2D eigenvalue weighted by molar-refractivity contribution is 7.47. The third-order valence-corrected chi connectivity index (χ3v) is 10.2. The number of allylic oxidation sites excluding steroid dienone is 18. The quantitative estimate of drug-likeness (QED) is 0.0200. The van der Waals surface area contributed by atoms with Crippen molar-refractivity contribution in [3.63, 3.8) is 0 Å². The van der Waals surface area contributed by atoms with Crippen molar-refractivity contribution < 1.29 is 47.8 Å². The zero-order valence-electron chi connectivity index (χ0n) is 38.6. The summed E-state index contributed by atoms with van der Waals surface area (Å²) in [4.78, 5) is 46.0. The van der Waals surface area contributed by atoms with Gasteiger partial charge in [-0.2, -0.15) is 0 Å². The van der Waals surface area contributed by atoms with E-state index in [4.69, 9.17) is 13.8 Å². The van der Waals surface area contributed by atoms with E-state index in [1.807, 2.05) is 12.2 Å². The molecule has 11 nitrogen and oxygen atoms in total. The summed E-state index contributed by atoms with van der Waals surface area (Å²) in [7, 11) is -4.78. The summed E-state index contributed by atoms with van der Waals surface area (Å²) in [5, 5.41) is 21.8. The molecule has 0 aliphatic heterocycles. The smallest absolute Gasteiger partial charge is 0.472 e. The van der Waals surface area contributed by atoms with Crippen LogP contribution in [0.4, 0.5) is 0 Å². The monoisotopic (exact) mass is 900 g/mol. The predicted molar refractivity (Wildman–Crippen MR) is 258 cm³/mol. The number of esters is 1. The van der Waals surface area contributed by atoms with Crippen molar-refractivity contribution in [1.29, 1.82) is 0 Å². The summed E-state index contributed by atoms with van der Waals surface area (Å²) < 4.78 is 26.8. The molecule has 0 aliphatic rings. The number of phosphoric acid groups is 1. The van der Waals surface area contributed by atoms with Gasteiger partial charge in [-0.15, -0.1) is 0 Å². The number of hydrogen-bond acceptors (Lipinski definition) is 8. The van der Waals surface area contributed by atoms with Gasteiger partial charge in [-0.1, -0.05) is 162 Å². The van der Waals surface area contributed by atoms with Crippen LogP contribution in [-0.2, 0) is 32.7 Å². The molecule has 0 radical (unpaired) electrons. The van der Waals surface area contributed by atoms with E-state index in [1.165, 1.54) is 25.7 Å². The molecule has 0 fully saturated rings. The number of ether oxygens (including phenoxy) is 1. The lowest BCUT2D eigenvalue weighted by atomic mass is 10.1. The second kappa shape index (κ2) is 44.7. The molecular weight excluding hydrogens is 818 g/mol. The Morgan fingerprint density at radius 3 is 1.41 bits per heavy atom. The number of carboxylic acids is 1. The molecule has 0 bridgehead atoms. The number of aliphatic hydroxyl groups excluding tert-OH is 1. The molecule has 3 atom stereocenters. The molecule has 1 amide bonds. The van der Waals surface area contributed by atoms with E-state index in [0.717, 1.165) is 89.9 Å². The molecule has 63 heavy (non-hydrogen) atoms. The van der Waals surface area contributed by atoms with Gasteiger partial charge in [-0.3, -0.25) is 18.6 Å². The second-order valence-electron chi connectivity index (χ2n) is 15.2. The van der Waals surface area contributed by atoms with Crippen molar-refractivity contribution in [2.24, 2.45) is 0 Å². The minimum atomic E-state index is -4.78. The van der Waals surface area contributed by atoms with Gasteiger partial charge in [-0.05, 0) is 96.3 Å². The molecule has 4 N–H and O–H groups in total. The highest BCUT2D eigenvalue weighted by Gasteiger charge is 2.28.